The van der Waals surface area contributed by atoms with Crippen molar-refractivity contribution in [2.24, 2.45) is 4.99 Å². The lowest BCUT2D eigenvalue weighted by atomic mass is 10.00. The zero-order chi connectivity index (χ0) is 27.4. The van der Waals surface area contributed by atoms with E-state index in [1.54, 1.807) is 18.3 Å². The van der Waals surface area contributed by atoms with Gasteiger partial charge in [0.15, 0.2) is 6.19 Å². The number of amides is 1. The van der Waals surface area contributed by atoms with E-state index in [9.17, 15) is 24.9 Å². The van der Waals surface area contributed by atoms with E-state index in [1.807, 2.05) is 0 Å². The molecule has 10 nitrogen and oxygen atoms in total. The van der Waals surface area contributed by atoms with Crippen LogP contribution in [0.2, 0.25) is 10.0 Å². The van der Waals surface area contributed by atoms with Gasteiger partial charge in [-0.1, -0.05) is 35.3 Å². The van der Waals surface area contributed by atoms with Crippen LogP contribution in [0.4, 0.5) is 0 Å². The maximum atomic E-state index is 12.8. The Bertz CT molecular complexity index is 1150. The molecule has 0 aromatic heterocycles. The number of nitrogens with one attached hydrogen (secondary N) is 2. The summed E-state index contributed by atoms with van der Waals surface area (Å²) in [5.41, 5.74) is 1.13. The largest absolute Gasteiger partial charge is 0.508 e. The van der Waals surface area contributed by atoms with Crippen LogP contribution in [0.15, 0.2) is 41.4 Å². The van der Waals surface area contributed by atoms with Gasteiger partial charge in [0.05, 0.1) is 28.3 Å². The number of aromatic hydroxyl groups is 1. The molecule has 0 aliphatic rings. The standard InChI is InChI=1S/C25H28Cl2N4O6/c1-37-9-3-6-22(30-14-28)29-13-20(25(35)36)31-24(34)23-18(26)10-15(11-19(23)27)7-8-21(33)16-4-2-5-17(32)12-16/h2,4-5,10-12,20-21,32-33H,3,6-9,13H2,1H3,(H,29,30)(H,31,34)(H,35,36)/t20-,21?/m0/s1. The molecule has 2 rings (SSSR count). The van der Waals surface area contributed by atoms with Crippen molar-refractivity contribution in [3.8, 4) is 11.9 Å². The maximum Gasteiger partial charge on any atom is 0.328 e. The van der Waals surface area contributed by atoms with E-state index in [-0.39, 0.29) is 33.7 Å². The van der Waals surface area contributed by atoms with Crippen molar-refractivity contribution in [3.63, 3.8) is 0 Å². The summed E-state index contributed by atoms with van der Waals surface area (Å²) in [6, 6.07) is 7.96. The summed E-state index contributed by atoms with van der Waals surface area (Å²) >= 11 is 12.6. The van der Waals surface area contributed by atoms with Crippen molar-refractivity contribution in [1.29, 1.82) is 5.26 Å². The van der Waals surface area contributed by atoms with E-state index in [1.165, 1.54) is 31.4 Å². The van der Waals surface area contributed by atoms with Crippen molar-refractivity contribution in [2.45, 2.75) is 37.8 Å². The number of amidine groups is 1. The van der Waals surface area contributed by atoms with Gasteiger partial charge in [0.1, 0.15) is 17.6 Å². The van der Waals surface area contributed by atoms with Crippen LogP contribution in [0, 0.1) is 11.5 Å². The number of phenolic OH excluding ortho intramolecular Hbond substituents is 1. The first kappa shape index (κ1) is 29.9. The normalized spacial score (nSPS) is 12.9. The number of aliphatic imine (C=N–C) groups is 1. The van der Waals surface area contributed by atoms with Crippen LogP contribution >= 0.6 is 23.2 Å². The first-order chi connectivity index (χ1) is 17.7. The summed E-state index contributed by atoms with van der Waals surface area (Å²) in [5, 5.41) is 43.2. The number of ether oxygens (including phenoxy) is 1. The molecule has 37 heavy (non-hydrogen) atoms. The Labute approximate surface area is 224 Å². The number of phenols is 1. The van der Waals surface area contributed by atoms with Gasteiger partial charge in [-0.05, 0) is 54.7 Å². The first-order valence-corrected chi connectivity index (χ1v) is 12.1. The summed E-state index contributed by atoms with van der Waals surface area (Å²) in [6.45, 7) is 0.116. The number of rotatable bonds is 13. The van der Waals surface area contributed by atoms with Gasteiger partial charge in [0, 0.05) is 20.1 Å². The quantitative estimate of drug-likeness (QED) is 0.0831. The predicted molar refractivity (Wildman–Crippen MR) is 139 cm³/mol. The molecular formula is C25H28Cl2N4O6. The fourth-order valence-corrected chi connectivity index (χ4v) is 4.14. The zero-order valence-corrected chi connectivity index (χ0v) is 21.6. The third kappa shape index (κ3) is 9.55. The second kappa shape index (κ2) is 15.0. The van der Waals surface area contributed by atoms with Gasteiger partial charge in [0.25, 0.3) is 5.91 Å². The third-order valence-electron chi connectivity index (χ3n) is 5.32. The van der Waals surface area contributed by atoms with Gasteiger partial charge >= 0.3 is 5.97 Å². The molecular weight excluding hydrogens is 523 g/mol. The minimum absolute atomic E-state index is 0.0193. The fraction of sp³-hybridized carbons (Fsp3) is 0.360. The molecule has 5 N–H and O–H groups in total. The molecule has 1 unspecified atom stereocenters. The molecule has 0 radical (unpaired) electrons. The van der Waals surface area contributed by atoms with E-state index in [4.69, 9.17) is 33.2 Å². The Balaban J connectivity index is 2.08. The average molecular weight is 551 g/mol. The summed E-state index contributed by atoms with van der Waals surface area (Å²) in [6.07, 6.45) is 2.53. The number of aliphatic carboxylic acids is 1. The van der Waals surface area contributed by atoms with Gasteiger partial charge in [-0.2, -0.15) is 5.26 Å². The monoisotopic (exact) mass is 550 g/mol. The van der Waals surface area contributed by atoms with Crippen molar-refractivity contribution < 1.29 is 29.6 Å². The summed E-state index contributed by atoms with van der Waals surface area (Å²) in [7, 11) is 1.54. The number of nitrogens with zero attached hydrogens (tertiary/aromatic N) is 2. The van der Waals surface area contributed by atoms with E-state index in [0.29, 0.717) is 43.4 Å². The number of carbonyl (C=O) groups excluding carboxylic acids is 1. The van der Waals surface area contributed by atoms with Gasteiger partial charge < -0.3 is 25.4 Å². The van der Waals surface area contributed by atoms with Gasteiger partial charge in [-0.25, -0.2) is 4.79 Å². The lowest BCUT2D eigenvalue weighted by molar-refractivity contribution is -0.138. The number of aliphatic hydroxyl groups is 1. The highest BCUT2D eigenvalue weighted by molar-refractivity contribution is 6.39. The topological polar surface area (TPSA) is 164 Å². The van der Waals surface area contributed by atoms with Crippen molar-refractivity contribution in [3.05, 3.63) is 63.1 Å². The van der Waals surface area contributed by atoms with E-state index in [0.717, 1.165) is 0 Å². The molecule has 0 bridgehead atoms. The van der Waals surface area contributed by atoms with Crippen LogP contribution in [0.25, 0.3) is 0 Å². The van der Waals surface area contributed by atoms with Crippen LogP contribution in [0.5, 0.6) is 5.75 Å². The Hall–Kier alpha value is -3.36. The number of methoxy groups -OCH3 is 1. The number of hydrogen-bond donors (Lipinski definition) is 5. The number of benzene rings is 2. The van der Waals surface area contributed by atoms with Crippen molar-refractivity contribution in [1.82, 2.24) is 10.6 Å². The van der Waals surface area contributed by atoms with Crippen LogP contribution in [0.1, 0.15) is 46.9 Å². The number of aliphatic hydroxyl groups excluding tert-OH is 1. The molecule has 0 fully saturated rings. The van der Waals surface area contributed by atoms with Crippen LogP contribution in [-0.2, 0) is 16.0 Å². The minimum Gasteiger partial charge on any atom is -0.508 e. The zero-order valence-electron chi connectivity index (χ0n) is 20.1. The smallest absolute Gasteiger partial charge is 0.328 e. The average Bonchev–Trinajstić information content (AvgIpc) is 2.84. The first-order valence-electron chi connectivity index (χ1n) is 11.3. The summed E-state index contributed by atoms with van der Waals surface area (Å²) in [5.74, 6) is -1.80. The minimum atomic E-state index is -1.39. The maximum absolute atomic E-state index is 12.8. The number of aryl methyl sites for hydroxylation is 1. The van der Waals surface area contributed by atoms with E-state index in [2.05, 4.69) is 15.6 Å². The van der Waals surface area contributed by atoms with Crippen molar-refractivity contribution >= 4 is 40.9 Å². The summed E-state index contributed by atoms with van der Waals surface area (Å²) < 4.78 is 4.95. The molecule has 0 spiro atoms. The van der Waals surface area contributed by atoms with Gasteiger partial charge in [-0.3, -0.25) is 15.1 Å². The fourth-order valence-electron chi connectivity index (χ4n) is 3.44. The van der Waals surface area contributed by atoms with Crippen LogP contribution in [-0.4, -0.2) is 59.3 Å². The highest BCUT2D eigenvalue weighted by Gasteiger charge is 2.24. The molecule has 0 heterocycles. The number of hydrogen-bond acceptors (Lipinski definition) is 7. The Morgan fingerprint density at radius 2 is 1.92 bits per heavy atom. The number of carboxylic acid groups (broad SMARTS) is 1. The highest BCUT2D eigenvalue weighted by Crippen LogP contribution is 2.29. The van der Waals surface area contributed by atoms with Crippen molar-refractivity contribution in [2.75, 3.05) is 20.3 Å². The molecule has 0 aliphatic heterocycles. The lowest BCUT2D eigenvalue weighted by Gasteiger charge is -2.16. The van der Waals surface area contributed by atoms with Crippen LogP contribution in [0.3, 0.4) is 0 Å². The van der Waals surface area contributed by atoms with Gasteiger partial charge in [-0.15, -0.1) is 0 Å². The highest BCUT2D eigenvalue weighted by atomic mass is 35.5. The molecule has 12 heteroatoms. The lowest BCUT2D eigenvalue weighted by Crippen LogP contribution is -2.43. The number of carbonyl (C=O) groups is 2. The molecule has 0 saturated carbocycles. The molecule has 2 aromatic carbocycles. The SMILES string of the molecule is COCCCC(=NC[C@H](NC(=O)c1c(Cl)cc(CCC(O)c2cccc(O)c2)cc1Cl)C(=O)O)NC#N. The Morgan fingerprint density at radius 3 is 2.51 bits per heavy atom. The van der Waals surface area contributed by atoms with Crippen LogP contribution < -0.4 is 10.6 Å². The Morgan fingerprint density at radius 1 is 1.22 bits per heavy atom. The second-order valence-electron chi connectivity index (χ2n) is 8.07. The number of carboxylic acids is 1. The van der Waals surface area contributed by atoms with E-state index < -0.39 is 24.0 Å². The summed E-state index contributed by atoms with van der Waals surface area (Å²) in [4.78, 5) is 28.7. The molecule has 0 aliphatic carbocycles. The predicted octanol–water partition coefficient (Wildman–Crippen LogP) is 3.44. The van der Waals surface area contributed by atoms with E-state index >= 15 is 0 Å². The van der Waals surface area contributed by atoms with Gasteiger partial charge in [0.2, 0.25) is 0 Å². The number of nitriles is 1. The molecule has 198 valence electrons. The molecule has 2 atom stereocenters. The third-order valence-corrected chi connectivity index (χ3v) is 5.92. The Kier molecular flexibility index (Phi) is 12.1. The number of halogens is 2. The molecule has 0 saturated heterocycles. The second-order valence-corrected chi connectivity index (χ2v) is 8.88. The molecule has 2 aromatic rings. The molecule has 1 amide bonds.